The summed E-state index contributed by atoms with van der Waals surface area (Å²) in [4.78, 5) is 38.5. The van der Waals surface area contributed by atoms with Gasteiger partial charge in [0.1, 0.15) is 17.6 Å². The number of rotatable bonds is 5. The lowest BCUT2D eigenvalue weighted by Crippen LogP contribution is -2.52. The minimum Gasteiger partial charge on any atom is -0.508 e. The van der Waals surface area contributed by atoms with Gasteiger partial charge in [-0.1, -0.05) is 24.3 Å². The molecule has 0 spiro atoms. The van der Waals surface area contributed by atoms with Crippen molar-refractivity contribution in [3.63, 3.8) is 0 Å². The fourth-order valence-electron chi connectivity index (χ4n) is 7.72. The highest BCUT2D eigenvalue weighted by Gasteiger charge is 2.48. The number of anilines is 1. The Labute approximate surface area is 298 Å². The van der Waals surface area contributed by atoms with Crippen LogP contribution in [0.1, 0.15) is 50.4 Å². The van der Waals surface area contributed by atoms with Gasteiger partial charge in [0.15, 0.2) is 11.5 Å². The molecule has 2 amide bonds. The summed E-state index contributed by atoms with van der Waals surface area (Å²) in [6, 6.07) is 15.8. The van der Waals surface area contributed by atoms with Crippen molar-refractivity contribution in [3.05, 3.63) is 107 Å². The van der Waals surface area contributed by atoms with Gasteiger partial charge in [0.2, 0.25) is 6.79 Å². The molecule has 8 rings (SSSR count). The average Bonchev–Trinajstić information content (AvgIpc) is 3.83. The Bertz CT molecular complexity index is 2170. The Kier molecular flexibility index (Phi) is 8.03. The maximum absolute atomic E-state index is 14.7. The first-order valence-corrected chi connectivity index (χ1v) is 17.0. The number of fused-ring (bicyclic) bond motifs is 3. The molecule has 1 saturated heterocycles. The van der Waals surface area contributed by atoms with Gasteiger partial charge in [0.25, 0.3) is 11.8 Å². The number of hydrogen-bond acceptors (Lipinski definition) is 7. The zero-order valence-corrected chi connectivity index (χ0v) is 28.8. The number of alkyl halides is 3. The summed E-state index contributed by atoms with van der Waals surface area (Å²) in [6.45, 7) is 2.31. The number of nitrogens with zero attached hydrogens (tertiary/aromatic N) is 5. The summed E-state index contributed by atoms with van der Waals surface area (Å²) in [5.41, 5.74) is 4.04. The van der Waals surface area contributed by atoms with Crippen molar-refractivity contribution in [3.8, 4) is 28.5 Å². The molecule has 3 aromatic carbocycles. The molecule has 0 saturated carbocycles. The van der Waals surface area contributed by atoms with Gasteiger partial charge in [-0.05, 0) is 73.4 Å². The largest absolute Gasteiger partial charge is 0.508 e. The van der Waals surface area contributed by atoms with Crippen molar-refractivity contribution < 1.29 is 37.3 Å². The average molecular weight is 712 g/mol. The van der Waals surface area contributed by atoms with E-state index in [1.165, 1.54) is 18.2 Å². The maximum Gasteiger partial charge on any atom is 0.409 e. The summed E-state index contributed by atoms with van der Waals surface area (Å²) in [5, 5.41) is 10.0. The fraction of sp³-hybridized carbons (Fsp3) is 0.308. The molecular formula is C39H36F3N5O5. The molecule has 1 N–H and O–H groups in total. The lowest BCUT2D eigenvalue weighted by molar-refractivity contribution is -0.179. The maximum atomic E-state index is 14.7. The minimum absolute atomic E-state index is 0.00456. The minimum atomic E-state index is -4.68. The number of amidine groups is 1. The van der Waals surface area contributed by atoms with E-state index in [0.29, 0.717) is 57.2 Å². The number of aromatic hydroxyl groups is 1. The standard InChI is InChI=1S/C39H36F3N5O5/c1-22-29(38(50)47(26-8-10-28(48)11-9-26)27-14-24-12-13-44(2)36(24)43-19-27)16-32(45(22)3)30-17-33-34(52-21-51-33)18-31(30)37(49)46-20-25-7-5-4-6-23(25)15-35(46)39(40,41)42/h4-11,16-19,24,35,48H,12-15,20-21H2,1-3H3/t24?,35-/m0/s1. The molecule has 4 aromatic rings. The monoisotopic (exact) mass is 711 g/mol. The van der Waals surface area contributed by atoms with E-state index in [1.807, 2.05) is 7.05 Å². The molecule has 13 heteroatoms. The number of ether oxygens (including phenoxy) is 2. The molecule has 1 fully saturated rings. The second-order valence-electron chi connectivity index (χ2n) is 13.7. The molecule has 0 bridgehead atoms. The lowest BCUT2D eigenvalue weighted by atomic mass is 9.92. The number of aromatic nitrogens is 1. The number of carbonyl (C=O) groups is 2. The van der Waals surface area contributed by atoms with Crippen molar-refractivity contribution in [1.29, 1.82) is 0 Å². The summed E-state index contributed by atoms with van der Waals surface area (Å²) < 4.78 is 56.7. The molecule has 52 heavy (non-hydrogen) atoms. The highest BCUT2D eigenvalue weighted by Crippen LogP contribution is 2.43. The molecule has 268 valence electrons. The van der Waals surface area contributed by atoms with E-state index in [1.54, 1.807) is 78.2 Å². The number of halogens is 3. The van der Waals surface area contributed by atoms with E-state index in [-0.39, 0.29) is 48.6 Å². The Morgan fingerprint density at radius 3 is 2.38 bits per heavy atom. The Hall–Kier alpha value is -5.72. The molecule has 0 aliphatic carbocycles. The summed E-state index contributed by atoms with van der Waals surface area (Å²) in [7, 11) is 3.74. The third-order valence-electron chi connectivity index (χ3n) is 10.6. The highest BCUT2D eigenvalue weighted by molar-refractivity contribution is 6.10. The molecule has 1 unspecified atom stereocenters. The number of hydrogen-bond donors (Lipinski definition) is 1. The van der Waals surface area contributed by atoms with E-state index >= 15 is 0 Å². The SMILES string of the molecule is Cc1c(C(=O)N(C2=CN=C3C(CCN3C)C2)c2ccc(O)cc2)cc(-c2cc3c(cc2C(=O)N2Cc4ccccc4C[C@H]2C(F)(F)F)OCO3)n1C. The molecular weight excluding hydrogens is 675 g/mol. The normalized spacial score (nSPS) is 19.2. The Balaban J connectivity index is 1.22. The van der Waals surface area contributed by atoms with Crippen LogP contribution in [-0.2, 0) is 20.0 Å². The molecule has 0 radical (unpaired) electrons. The second-order valence-corrected chi connectivity index (χ2v) is 13.7. The summed E-state index contributed by atoms with van der Waals surface area (Å²) in [6.07, 6.45) is -1.85. The van der Waals surface area contributed by atoms with Crippen molar-refractivity contribution in [1.82, 2.24) is 14.4 Å². The quantitative estimate of drug-likeness (QED) is 0.245. The van der Waals surface area contributed by atoms with Crippen LogP contribution >= 0.6 is 0 Å². The zero-order valence-electron chi connectivity index (χ0n) is 28.8. The number of allylic oxidation sites excluding steroid dienone is 1. The zero-order chi connectivity index (χ0) is 36.5. The summed E-state index contributed by atoms with van der Waals surface area (Å²) >= 11 is 0. The van der Waals surface area contributed by atoms with Crippen LogP contribution < -0.4 is 14.4 Å². The van der Waals surface area contributed by atoms with Crippen LogP contribution in [0.15, 0.2) is 83.6 Å². The Morgan fingerprint density at radius 2 is 1.65 bits per heavy atom. The van der Waals surface area contributed by atoms with Gasteiger partial charge in [-0.25, -0.2) is 4.99 Å². The molecule has 4 aliphatic heterocycles. The van der Waals surface area contributed by atoms with E-state index < -0.39 is 18.1 Å². The van der Waals surface area contributed by atoms with Crippen molar-refractivity contribution in [2.45, 2.75) is 44.9 Å². The van der Waals surface area contributed by atoms with E-state index in [0.717, 1.165) is 23.7 Å². The summed E-state index contributed by atoms with van der Waals surface area (Å²) in [5.74, 6) is 0.581. The predicted molar refractivity (Wildman–Crippen MR) is 187 cm³/mol. The predicted octanol–water partition coefficient (Wildman–Crippen LogP) is 6.81. The van der Waals surface area contributed by atoms with Crippen LogP contribution in [0.3, 0.4) is 0 Å². The van der Waals surface area contributed by atoms with E-state index in [9.17, 15) is 27.9 Å². The van der Waals surface area contributed by atoms with Gasteiger partial charge in [-0.3, -0.25) is 14.5 Å². The lowest BCUT2D eigenvalue weighted by Gasteiger charge is -2.38. The van der Waals surface area contributed by atoms with Gasteiger partial charge in [0, 0.05) is 74.1 Å². The van der Waals surface area contributed by atoms with Crippen molar-refractivity contribution in [2.24, 2.45) is 18.0 Å². The number of phenolic OH excluding ortho intramolecular Hbond substituents is 1. The smallest absolute Gasteiger partial charge is 0.409 e. The fourth-order valence-corrected chi connectivity index (χ4v) is 7.72. The van der Waals surface area contributed by atoms with Crippen LogP contribution in [0.5, 0.6) is 17.2 Å². The van der Waals surface area contributed by atoms with Gasteiger partial charge in [0.05, 0.1) is 11.1 Å². The number of likely N-dealkylation sites (tertiary alicyclic amines) is 1. The van der Waals surface area contributed by atoms with Crippen molar-refractivity contribution >= 4 is 23.3 Å². The molecule has 4 aliphatic rings. The first-order chi connectivity index (χ1) is 24.9. The van der Waals surface area contributed by atoms with Crippen LogP contribution in [0.25, 0.3) is 11.3 Å². The molecule has 2 atom stereocenters. The Morgan fingerprint density at radius 1 is 0.942 bits per heavy atom. The number of amides is 2. The van der Waals surface area contributed by atoms with Crippen LogP contribution in [0.2, 0.25) is 0 Å². The third-order valence-corrected chi connectivity index (χ3v) is 10.6. The molecule has 10 nitrogen and oxygen atoms in total. The molecule has 5 heterocycles. The second kappa shape index (κ2) is 12.5. The highest BCUT2D eigenvalue weighted by atomic mass is 19.4. The van der Waals surface area contributed by atoms with Gasteiger partial charge < -0.3 is 28.9 Å². The first-order valence-electron chi connectivity index (χ1n) is 17.0. The van der Waals surface area contributed by atoms with Crippen LogP contribution in [0, 0.1) is 12.8 Å². The first kappa shape index (κ1) is 33.4. The molecule has 1 aromatic heterocycles. The number of phenols is 1. The van der Waals surface area contributed by atoms with Gasteiger partial charge >= 0.3 is 6.18 Å². The van der Waals surface area contributed by atoms with E-state index in [2.05, 4.69) is 4.90 Å². The van der Waals surface area contributed by atoms with Gasteiger partial charge in [-0.15, -0.1) is 0 Å². The van der Waals surface area contributed by atoms with Gasteiger partial charge in [-0.2, -0.15) is 13.2 Å². The van der Waals surface area contributed by atoms with Crippen molar-refractivity contribution in [2.75, 3.05) is 25.3 Å². The third kappa shape index (κ3) is 5.64. The topological polar surface area (TPSA) is 99.8 Å². The van der Waals surface area contributed by atoms with Crippen LogP contribution in [0.4, 0.5) is 18.9 Å². The number of carbonyl (C=O) groups excluding carboxylic acids is 2. The number of benzene rings is 3. The van der Waals surface area contributed by atoms with Crippen LogP contribution in [-0.4, -0.2) is 69.7 Å². The number of aliphatic imine (C=N–C) groups is 1. The van der Waals surface area contributed by atoms with E-state index in [4.69, 9.17) is 14.5 Å².